The fourth-order valence-corrected chi connectivity index (χ4v) is 7.27. The first-order chi connectivity index (χ1) is 14.0. The molecule has 0 spiro atoms. The van der Waals surface area contributed by atoms with E-state index in [1.807, 2.05) is 24.3 Å². The van der Waals surface area contributed by atoms with Gasteiger partial charge in [-0.25, -0.2) is 0 Å². The first-order valence-electron chi connectivity index (χ1n) is 10.5. The van der Waals surface area contributed by atoms with Crippen LogP contribution >= 0.6 is 7.14 Å². The number of fused-ring (bicyclic) bond motifs is 3. The molecule has 2 nitrogen and oxygen atoms in total. The summed E-state index contributed by atoms with van der Waals surface area (Å²) in [6.07, 6.45) is 0. The van der Waals surface area contributed by atoms with E-state index in [9.17, 15) is 4.57 Å². The third-order valence-electron chi connectivity index (χ3n) is 6.13. The Kier molecular flexibility index (Phi) is 4.79. The number of benzene rings is 3. The van der Waals surface area contributed by atoms with Crippen molar-refractivity contribution in [1.29, 1.82) is 0 Å². The Bertz CT molecular complexity index is 1090. The molecule has 0 N–H and O–H groups in total. The lowest BCUT2D eigenvalue weighted by atomic mass is 9.85. The summed E-state index contributed by atoms with van der Waals surface area (Å²) >= 11 is 0. The third-order valence-corrected chi connectivity index (χ3v) is 9.25. The molecule has 3 aromatic carbocycles. The molecule has 1 aliphatic rings. The van der Waals surface area contributed by atoms with Gasteiger partial charge in [-0.2, -0.15) is 0 Å². The number of methoxy groups -OCH3 is 1. The van der Waals surface area contributed by atoms with Crippen LogP contribution in [0.2, 0.25) is 0 Å². The van der Waals surface area contributed by atoms with E-state index in [1.54, 1.807) is 7.11 Å². The SMILES string of the molecule is COc1ccc(P2(=O)c3cc(C(C)(C)C)ccc3-c3ccc(C(C)(C)C)cc32)cc1. The van der Waals surface area contributed by atoms with Gasteiger partial charge in [-0.15, -0.1) is 0 Å². The van der Waals surface area contributed by atoms with E-state index in [-0.39, 0.29) is 10.8 Å². The minimum absolute atomic E-state index is 0.00882. The lowest BCUT2D eigenvalue weighted by Gasteiger charge is -2.23. The first kappa shape index (κ1) is 20.9. The van der Waals surface area contributed by atoms with Crippen LogP contribution in [0.3, 0.4) is 0 Å². The van der Waals surface area contributed by atoms with Gasteiger partial charge in [0.05, 0.1) is 7.11 Å². The van der Waals surface area contributed by atoms with Gasteiger partial charge in [-0.3, -0.25) is 0 Å². The van der Waals surface area contributed by atoms with Crippen LogP contribution in [0.4, 0.5) is 0 Å². The lowest BCUT2D eigenvalue weighted by molar-refractivity contribution is 0.415. The Morgan fingerprint density at radius 1 is 0.667 bits per heavy atom. The highest BCUT2D eigenvalue weighted by Gasteiger charge is 2.41. The Morgan fingerprint density at radius 3 is 1.47 bits per heavy atom. The Balaban J connectivity index is 2.04. The number of hydrogen-bond acceptors (Lipinski definition) is 2. The van der Waals surface area contributed by atoms with E-state index >= 15 is 0 Å². The van der Waals surface area contributed by atoms with E-state index in [2.05, 4.69) is 77.9 Å². The Labute approximate surface area is 180 Å². The molecule has 1 aliphatic heterocycles. The van der Waals surface area contributed by atoms with Crippen molar-refractivity contribution in [3.8, 4) is 16.9 Å². The molecule has 0 atom stereocenters. The molecule has 0 radical (unpaired) electrons. The molecule has 0 aliphatic carbocycles. The van der Waals surface area contributed by atoms with Gasteiger partial charge < -0.3 is 9.30 Å². The maximum atomic E-state index is 15.0. The van der Waals surface area contributed by atoms with E-state index < -0.39 is 7.14 Å². The zero-order valence-corrected chi connectivity index (χ0v) is 19.9. The molecule has 0 saturated heterocycles. The highest BCUT2D eigenvalue weighted by atomic mass is 31.2. The predicted molar refractivity (Wildman–Crippen MR) is 129 cm³/mol. The number of ether oxygens (including phenoxy) is 1. The molecule has 0 saturated carbocycles. The Hall–Kier alpha value is -2.31. The molecule has 0 bridgehead atoms. The van der Waals surface area contributed by atoms with Crippen LogP contribution in [-0.2, 0) is 15.4 Å². The maximum Gasteiger partial charge on any atom is 0.172 e. The van der Waals surface area contributed by atoms with Crippen molar-refractivity contribution in [3.63, 3.8) is 0 Å². The van der Waals surface area contributed by atoms with Crippen molar-refractivity contribution in [2.24, 2.45) is 0 Å². The van der Waals surface area contributed by atoms with Crippen molar-refractivity contribution in [1.82, 2.24) is 0 Å². The van der Waals surface area contributed by atoms with Crippen LogP contribution in [0, 0.1) is 0 Å². The molecule has 0 fully saturated rings. The number of hydrogen-bond donors (Lipinski definition) is 0. The van der Waals surface area contributed by atoms with Gasteiger partial charge in [0.15, 0.2) is 7.14 Å². The van der Waals surface area contributed by atoms with Crippen LogP contribution in [0.5, 0.6) is 5.75 Å². The molecular weight excluding hydrogens is 387 g/mol. The van der Waals surface area contributed by atoms with E-state index in [1.165, 1.54) is 11.1 Å². The van der Waals surface area contributed by atoms with Crippen LogP contribution in [-0.4, -0.2) is 7.11 Å². The van der Waals surface area contributed by atoms with Crippen LogP contribution in [0.25, 0.3) is 11.1 Å². The average Bonchev–Trinajstić information content (AvgIpc) is 2.96. The van der Waals surface area contributed by atoms with Crippen molar-refractivity contribution in [3.05, 3.63) is 71.8 Å². The summed E-state index contributed by atoms with van der Waals surface area (Å²) in [5, 5.41) is 2.78. The fraction of sp³-hybridized carbons (Fsp3) is 0.333. The van der Waals surface area contributed by atoms with Gasteiger partial charge in [0.1, 0.15) is 5.75 Å². The lowest BCUT2D eigenvalue weighted by Crippen LogP contribution is -2.23. The minimum atomic E-state index is -2.98. The van der Waals surface area contributed by atoms with E-state index in [4.69, 9.17) is 4.74 Å². The highest BCUT2D eigenvalue weighted by molar-refractivity contribution is 7.86. The largest absolute Gasteiger partial charge is 0.497 e. The van der Waals surface area contributed by atoms with Gasteiger partial charge in [0.2, 0.25) is 0 Å². The molecule has 4 rings (SSSR count). The highest BCUT2D eigenvalue weighted by Crippen LogP contribution is 2.53. The van der Waals surface area contributed by atoms with E-state index in [0.717, 1.165) is 32.8 Å². The molecule has 1 heterocycles. The van der Waals surface area contributed by atoms with Crippen LogP contribution < -0.4 is 20.7 Å². The summed E-state index contributed by atoms with van der Waals surface area (Å²) in [6, 6.07) is 20.8. The summed E-state index contributed by atoms with van der Waals surface area (Å²) < 4.78 is 20.3. The second kappa shape index (κ2) is 6.86. The second-order valence-electron chi connectivity index (χ2n) is 10.3. The second-order valence-corrected chi connectivity index (χ2v) is 13.0. The van der Waals surface area contributed by atoms with Gasteiger partial charge in [0.25, 0.3) is 0 Å². The van der Waals surface area contributed by atoms with Crippen molar-refractivity contribution in [2.45, 2.75) is 52.4 Å². The van der Waals surface area contributed by atoms with Crippen molar-refractivity contribution in [2.75, 3.05) is 7.11 Å². The molecular formula is C27H31O2P. The fourth-order valence-electron chi connectivity index (χ4n) is 4.17. The molecule has 3 aromatic rings. The molecule has 0 unspecified atom stereocenters. The van der Waals surface area contributed by atoms with Gasteiger partial charge >= 0.3 is 0 Å². The summed E-state index contributed by atoms with van der Waals surface area (Å²) in [4.78, 5) is 0. The van der Waals surface area contributed by atoms with Gasteiger partial charge in [0, 0.05) is 15.9 Å². The molecule has 30 heavy (non-hydrogen) atoms. The van der Waals surface area contributed by atoms with Crippen molar-refractivity contribution < 1.29 is 9.30 Å². The topological polar surface area (TPSA) is 26.3 Å². The molecule has 0 amide bonds. The zero-order valence-electron chi connectivity index (χ0n) is 19.0. The average molecular weight is 419 g/mol. The molecule has 0 aromatic heterocycles. The first-order valence-corrected chi connectivity index (χ1v) is 12.2. The Morgan fingerprint density at radius 2 is 1.10 bits per heavy atom. The van der Waals surface area contributed by atoms with Crippen LogP contribution in [0.1, 0.15) is 52.7 Å². The van der Waals surface area contributed by atoms with Crippen molar-refractivity contribution >= 4 is 23.1 Å². The molecule has 156 valence electrons. The maximum absolute atomic E-state index is 15.0. The summed E-state index contributed by atoms with van der Waals surface area (Å²) in [6.45, 7) is 13.2. The summed E-state index contributed by atoms with van der Waals surface area (Å²) in [5.41, 5.74) is 4.59. The van der Waals surface area contributed by atoms with Gasteiger partial charge in [-0.1, -0.05) is 65.8 Å². The third kappa shape index (κ3) is 3.22. The minimum Gasteiger partial charge on any atom is -0.497 e. The van der Waals surface area contributed by atoms with E-state index in [0.29, 0.717) is 0 Å². The zero-order chi connectivity index (χ0) is 21.9. The standard InChI is InChI=1S/C27H31O2P/c1-26(2,3)18-8-14-22-23-15-9-19(27(4,5)6)17-25(23)30(28,24(22)16-18)21-12-10-20(29-7)11-13-21/h8-17H,1-7H3. The quantitative estimate of drug-likeness (QED) is 0.378. The smallest absolute Gasteiger partial charge is 0.172 e. The summed E-state index contributed by atoms with van der Waals surface area (Å²) in [7, 11) is -1.33. The van der Waals surface area contributed by atoms with Gasteiger partial charge in [-0.05, 0) is 69.5 Å². The summed E-state index contributed by atoms with van der Waals surface area (Å²) in [5.74, 6) is 0.775. The normalized spacial score (nSPS) is 14.9. The van der Waals surface area contributed by atoms with Crippen LogP contribution in [0.15, 0.2) is 60.7 Å². The predicted octanol–water partition coefficient (Wildman–Crippen LogP) is 5.91. The monoisotopic (exact) mass is 418 g/mol. The molecule has 3 heteroatoms. The number of rotatable bonds is 2.